The van der Waals surface area contributed by atoms with Crippen LogP contribution in [-0.2, 0) is 16.0 Å². The summed E-state index contributed by atoms with van der Waals surface area (Å²) in [7, 11) is 1.53. The Hall–Kier alpha value is -2.89. The Balaban J connectivity index is 1.80. The van der Waals surface area contributed by atoms with E-state index in [0.717, 1.165) is 12.0 Å². The third kappa shape index (κ3) is 5.91. The predicted molar refractivity (Wildman–Crippen MR) is 94.0 cm³/mol. The summed E-state index contributed by atoms with van der Waals surface area (Å²) in [6.45, 7) is 1.78. The Morgan fingerprint density at radius 1 is 1.16 bits per heavy atom. The molecule has 0 atom stereocenters. The van der Waals surface area contributed by atoms with Gasteiger partial charge in [0, 0.05) is 12.7 Å². The quantitative estimate of drug-likeness (QED) is 0.840. The maximum Gasteiger partial charge on any atom is 0.260 e. The fourth-order valence-corrected chi connectivity index (χ4v) is 2.15. The summed E-state index contributed by atoms with van der Waals surface area (Å²) in [5, 5.41) is 2.60. The SMILES string of the molecule is CCc1cccc(OCC(=O)N(C)CC(=O)Nc2ccc(F)cc2)c1. The molecule has 132 valence electrons. The second-order valence-corrected chi connectivity index (χ2v) is 5.59. The molecule has 0 unspecified atom stereocenters. The van der Waals surface area contributed by atoms with Crippen LogP contribution in [0.4, 0.5) is 10.1 Å². The van der Waals surface area contributed by atoms with E-state index in [9.17, 15) is 14.0 Å². The van der Waals surface area contributed by atoms with Gasteiger partial charge >= 0.3 is 0 Å². The van der Waals surface area contributed by atoms with Crippen LogP contribution in [0.15, 0.2) is 48.5 Å². The highest BCUT2D eigenvalue weighted by atomic mass is 19.1. The Kier molecular flexibility index (Phi) is 6.51. The van der Waals surface area contributed by atoms with E-state index in [2.05, 4.69) is 5.32 Å². The molecule has 0 aromatic heterocycles. The lowest BCUT2D eigenvalue weighted by atomic mass is 10.2. The maximum absolute atomic E-state index is 12.8. The zero-order valence-corrected chi connectivity index (χ0v) is 14.3. The van der Waals surface area contributed by atoms with Gasteiger partial charge in [0.15, 0.2) is 6.61 Å². The van der Waals surface area contributed by atoms with Crippen LogP contribution in [-0.4, -0.2) is 36.9 Å². The Labute approximate surface area is 146 Å². The fourth-order valence-electron chi connectivity index (χ4n) is 2.15. The van der Waals surface area contributed by atoms with Crippen LogP contribution in [0.1, 0.15) is 12.5 Å². The molecule has 0 aliphatic heterocycles. The van der Waals surface area contributed by atoms with Crippen molar-refractivity contribution < 1.29 is 18.7 Å². The molecule has 25 heavy (non-hydrogen) atoms. The smallest absolute Gasteiger partial charge is 0.260 e. The van der Waals surface area contributed by atoms with Gasteiger partial charge in [-0.2, -0.15) is 0 Å². The normalized spacial score (nSPS) is 10.2. The van der Waals surface area contributed by atoms with Gasteiger partial charge < -0.3 is 15.0 Å². The molecule has 0 spiro atoms. The molecule has 0 radical (unpaired) electrons. The molecule has 0 aliphatic carbocycles. The number of benzene rings is 2. The lowest BCUT2D eigenvalue weighted by Gasteiger charge is -2.17. The first kappa shape index (κ1) is 18.4. The molecule has 6 heteroatoms. The number of hydrogen-bond donors (Lipinski definition) is 1. The summed E-state index contributed by atoms with van der Waals surface area (Å²) >= 11 is 0. The van der Waals surface area contributed by atoms with Crippen LogP contribution >= 0.6 is 0 Å². The minimum Gasteiger partial charge on any atom is -0.484 e. The van der Waals surface area contributed by atoms with Gasteiger partial charge in [0.05, 0.1) is 6.54 Å². The number of aryl methyl sites for hydroxylation is 1. The van der Waals surface area contributed by atoms with Crippen LogP contribution < -0.4 is 10.1 Å². The minimum absolute atomic E-state index is 0.116. The molecular formula is C19H21FN2O3. The number of halogens is 1. The first-order valence-electron chi connectivity index (χ1n) is 7.99. The second-order valence-electron chi connectivity index (χ2n) is 5.59. The number of nitrogens with zero attached hydrogens (tertiary/aromatic N) is 1. The number of amides is 2. The van der Waals surface area contributed by atoms with E-state index in [1.165, 1.54) is 36.2 Å². The van der Waals surface area contributed by atoms with Crippen molar-refractivity contribution in [3.05, 3.63) is 59.9 Å². The first-order chi connectivity index (χ1) is 12.0. The number of ether oxygens (including phenoxy) is 1. The van der Waals surface area contributed by atoms with Crippen molar-refractivity contribution in [2.24, 2.45) is 0 Å². The molecule has 0 heterocycles. The Morgan fingerprint density at radius 3 is 2.56 bits per heavy atom. The highest BCUT2D eigenvalue weighted by Crippen LogP contribution is 2.13. The van der Waals surface area contributed by atoms with E-state index in [1.54, 1.807) is 6.07 Å². The average molecular weight is 344 g/mol. The van der Waals surface area contributed by atoms with Gasteiger partial charge in [0.1, 0.15) is 11.6 Å². The lowest BCUT2D eigenvalue weighted by Crippen LogP contribution is -2.37. The number of hydrogen-bond acceptors (Lipinski definition) is 3. The number of carbonyl (C=O) groups is 2. The van der Waals surface area contributed by atoms with E-state index in [0.29, 0.717) is 11.4 Å². The standard InChI is InChI=1S/C19H21FN2O3/c1-3-14-5-4-6-17(11-14)25-13-19(24)22(2)12-18(23)21-16-9-7-15(20)8-10-16/h4-11H,3,12-13H2,1-2H3,(H,21,23). The summed E-state index contributed by atoms with van der Waals surface area (Å²) in [4.78, 5) is 25.3. The van der Waals surface area contributed by atoms with E-state index in [4.69, 9.17) is 4.74 Å². The number of anilines is 1. The number of carbonyl (C=O) groups excluding carboxylic acids is 2. The lowest BCUT2D eigenvalue weighted by molar-refractivity contribution is -0.135. The molecule has 2 rings (SSSR count). The monoisotopic (exact) mass is 344 g/mol. The van der Waals surface area contributed by atoms with Crippen molar-refractivity contribution in [3.63, 3.8) is 0 Å². The highest BCUT2D eigenvalue weighted by Gasteiger charge is 2.14. The van der Waals surface area contributed by atoms with Gasteiger partial charge in [-0.05, 0) is 48.4 Å². The zero-order chi connectivity index (χ0) is 18.2. The summed E-state index contributed by atoms with van der Waals surface area (Å²) in [5.41, 5.74) is 1.59. The molecule has 2 aromatic carbocycles. The number of rotatable bonds is 7. The number of likely N-dealkylation sites (N-methyl/N-ethyl adjacent to an activating group) is 1. The summed E-state index contributed by atoms with van der Waals surface area (Å²) in [6.07, 6.45) is 0.884. The highest BCUT2D eigenvalue weighted by molar-refractivity contribution is 5.94. The van der Waals surface area contributed by atoms with Crippen molar-refractivity contribution in [2.45, 2.75) is 13.3 Å². The van der Waals surface area contributed by atoms with Crippen LogP contribution in [0.5, 0.6) is 5.75 Å². The topological polar surface area (TPSA) is 58.6 Å². The van der Waals surface area contributed by atoms with Gasteiger partial charge in [-0.25, -0.2) is 4.39 Å². The van der Waals surface area contributed by atoms with Crippen molar-refractivity contribution in [1.82, 2.24) is 4.90 Å². The van der Waals surface area contributed by atoms with Crippen LogP contribution in [0.25, 0.3) is 0 Å². The molecule has 0 bridgehead atoms. The molecule has 0 saturated heterocycles. The zero-order valence-electron chi connectivity index (χ0n) is 14.3. The van der Waals surface area contributed by atoms with Crippen LogP contribution in [0.2, 0.25) is 0 Å². The van der Waals surface area contributed by atoms with E-state index in [1.807, 2.05) is 25.1 Å². The summed E-state index contributed by atoms with van der Waals surface area (Å²) < 4.78 is 18.3. The van der Waals surface area contributed by atoms with Gasteiger partial charge in [0.2, 0.25) is 5.91 Å². The molecule has 0 fully saturated rings. The molecule has 0 aliphatic rings. The van der Waals surface area contributed by atoms with Crippen LogP contribution in [0, 0.1) is 5.82 Å². The first-order valence-corrected chi connectivity index (χ1v) is 7.99. The van der Waals surface area contributed by atoms with Crippen molar-refractivity contribution in [2.75, 3.05) is 25.5 Å². The second kappa shape index (κ2) is 8.82. The molecule has 0 saturated carbocycles. The van der Waals surface area contributed by atoms with Gasteiger partial charge in [-0.1, -0.05) is 19.1 Å². The molecule has 5 nitrogen and oxygen atoms in total. The van der Waals surface area contributed by atoms with Gasteiger partial charge in [-0.15, -0.1) is 0 Å². The predicted octanol–water partition coefficient (Wildman–Crippen LogP) is 2.86. The van der Waals surface area contributed by atoms with E-state index < -0.39 is 0 Å². The van der Waals surface area contributed by atoms with E-state index >= 15 is 0 Å². The molecule has 2 aromatic rings. The third-order valence-electron chi connectivity index (χ3n) is 3.60. The Bertz CT molecular complexity index is 732. The van der Waals surface area contributed by atoms with Gasteiger partial charge in [-0.3, -0.25) is 9.59 Å². The molecule has 1 N–H and O–H groups in total. The van der Waals surface area contributed by atoms with Crippen molar-refractivity contribution >= 4 is 17.5 Å². The fraction of sp³-hybridized carbons (Fsp3) is 0.263. The number of nitrogens with one attached hydrogen (secondary N) is 1. The average Bonchev–Trinajstić information content (AvgIpc) is 2.61. The molecule has 2 amide bonds. The summed E-state index contributed by atoms with van der Waals surface area (Å²) in [6, 6.07) is 12.9. The summed E-state index contributed by atoms with van der Waals surface area (Å²) in [5.74, 6) is -0.432. The van der Waals surface area contributed by atoms with Gasteiger partial charge in [0.25, 0.3) is 5.91 Å². The van der Waals surface area contributed by atoms with Crippen molar-refractivity contribution in [3.8, 4) is 5.75 Å². The van der Waals surface area contributed by atoms with Crippen molar-refractivity contribution in [1.29, 1.82) is 0 Å². The van der Waals surface area contributed by atoms with E-state index in [-0.39, 0.29) is 30.8 Å². The molecular weight excluding hydrogens is 323 g/mol. The Morgan fingerprint density at radius 2 is 1.88 bits per heavy atom. The third-order valence-corrected chi connectivity index (χ3v) is 3.60. The largest absolute Gasteiger partial charge is 0.484 e. The van der Waals surface area contributed by atoms with Crippen LogP contribution in [0.3, 0.4) is 0 Å². The minimum atomic E-state index is -0.380. The maximum atomic E-state index is 12.8.